The molecule has 4 aliphatic rings. The standard InChI is InChI=1S/C23H30O7/c1-21-10-17(26)19-14(15(21)6-7-23(21,29)18(27)11-24)5-4-12-8-13(25)9-16(20(28)30-3)22(12,19)2/h8-9,14-15,17,19,24,26,29H,4-7,10-11H2,1-3H3/t14-,15-,17-,19+,21-,22+,23-/m0/s1. The van der Waals surface area contributed by atoms with Gasteiger partial charge in [0.05, 0.1) is 18.8 Å². The zero-order chi connectivity index (χ0) is 22.1. The Bertz CT molecular complexity index is 873. The molecule has 0 aromatic rings. The summed E-state index contributed by atoms with van der Waals surface area (Å²) in [6, 6.07) is 0. The Labute approximate surface area is 175 Å². The van der Waals surface area contributed by atoms with Crippen molar-refractivity contribution in [1.82, 2.24) is 0 Å². The number of rotatable bonds is 3. The van der Waals surface area contributed by atoms with Crippen LogP contribution in [0, 0.1) is 28.6 Å². The minimum Gasteiger partial charge on any atom is -0.466 e. The lowest BCUT2D eigenvalue weighted by atomic mass is 9.45. The van der Waals surface area contributed by atoms with Crippen LogP contribution < -0.4 is 0 Å². The highest BCUT2D eigenvalue weighted by atomic mass is 16.5. The third-order valence-electron chi connectivity index (χ3n) is 8.86. The van der Waals surface area contributed by atoms with Crippen LogP contribution in [-0.2, 0) is 19.1 Å². The molecule has 3 fully saturated rings. The minimum atomic E-state index is -1.67. The lowest BCUT2D eigenvalue weighted by Crippen LogP contribution is -2.62. The van der Waals surface area contributed by atoms with Crippen molar-refractivity contribution in [3.63, 3.8) is 0 Å². The van der Waals surface area contributed by atoms with E-state index in [9.17, 15) is 29.7 Å². The normalized spacial score (nSPS) is 44.9. The molecular weight excluding hydrogens is 388 g/mol. The lowest BCUT2D eigenvalue weighted by molar-refractivity contribution is -0.179. The largest absolute Gasteiger partial charge is 0.466 e. The van der Waals surface area contributed by atoms with E-state index in [0.717, 1.165) is 5.57 Å². The first-order valence-corrected chi connectivity index (χ1v) is 10.6. The van der Waals surface area contributed by atoms with Gasteiger partial charge in [0, 0.05) is 16.7 Å². The summed E-state index contributed by atoms with van der Waals surface area (Å²) in [5, 5.41) is 32.1. The zero-order valence-corrected chi connectivity index (χ0v) is 17.7. The quantitative estimate of drug-likeness (QED) is 0.587. The fourth-order valence-electron chi connectivity index (χ4n) is 7.42. The minimum absolute atomic E-state index is 0.0392. The molecule has 0 heterocycles. The van der Waals surface area contributed by atoms with E-state index in [2.05, 4.69) is 0 Å². The van der Waals surface area contributed by atoms with Crippen LogP contribution in [0.5, 0.6) is 0 Å². The van der Waals surface area contributed by atoms with Gasteiger partial charge in [-0.05, 0) is 56.1 Å². The van der Waals surface area contributed by atoms with Crippen molar-refractivity contribution < 1.29 is 34.4 Å². The van der Waals surface area contributed by atoms with Gasteiger partial charge < -0.3 is 20.1 Å². The molecule has 3 N–H and O–H groups in total. The van der Waals surface area contributed by atoms with E-state index in [4.69, 9.17) is 4.74 Å². The second-order valence-corrected chi connectivity index (χ2v) is 9.83. The molecule has 164 valence electrons. The fraction of sp³-hybridized carbons (Fsp3) is 0.696. The Hall–Kier alpha value is -1.83. The van der Waals surface area contributed by atoms with Gasteiger partial charge in [0.15, 0.2) is 11.6 Å². The van der Waals surface area contributed by atoms with Gasteiger partial charge in [-0.15, -0.1) is 0 Å². The summed E-state index contributed by atoms with van der Waals surface area (Å²) >= 11 is 0. The second-order valence-electron chi connectivity index (χ2n) is 9.83. The number of hydrogen-bond acceptors (Lipinski definition) is 7. The number of fused-ring (bicyclic) bond motifs is 5. The molecule has 3 saturated carbocycles. The van der Waals surface area contributed by atoms with Crippen LogP contribution >= 0.6 is 0 Å². The molecule has 7 heteroatoms. The third kappa shape index (κ3) is 2.52. The van der Waals surface area contributed by atoms with Gasteiger partial charge in [0.25, 0.3) is 0 Å². The molecule has 30 heavy (non-hydrogen) atoms. The molecule has 0 bridgehead atoms. The van der Waals surface area contributed by atoms with Crippen molar-refractivity contribution >= 4 is 17.5 Å². The van der Waals surface area contributed by atoms with Gasteiger partial charge in [-0.1, -0.05) is 19.4 Å². The molecule has 4 rings (SSSR count). The molecule has 0 aromatic carbocycles. The first kappa shape index (κ1) is 21.4. The highest BCUT2D eigenvalue weighted by molar-refractivity contribution is 6.08. The van der Waals surface area contributed by atoms with E-state index in [1.54, 1.807) is 6.08 Å². The maximum atomic E-state index is 12.6. The van der Waals surface area contributed by atoms with E-state index in [-0.39, 0.29) is 42.0 Å². The van der Waals surface area contributed by atoms with Crippen LogP contribution in [0.15, 0.2) is 23.3 Å². The van der Waals surface area contributed by atoms with Gasteiger partial charge in [-0.2, -0.15) is 0 Å². The molecule has 0 amide bonds. The number of allylic oxidation sites excluding steroid dienone is 3. The molecule has 0 saturated heterocycles. The maximum absolute atomic E-state index is 12.6. The summed E-state index contributed by atoms with van der Waals surface area (Å²) in [5.41, 5.74) is -2.26. The average molecular weight is 418 g/mol. The molecule has 0 aromatic heterocycles. The number of carbonyl (C=O) groups is 3. The summed E-state index contributed by atoms with van der Waals surface area (Å²) in [6.07, 6.45) is 4.35. The summed E-state index contributed by atoms with van der Waals surface area (Å²) < 4.78 is 4.97. The van der Waals surface area contributed by atoms with Crippen molar-refractivity contribution in [2.45, 2.75) is 57.7 Å². The number of ketones is 2. The van der Waals surface area contributed by atoms with Crippen LogP contribution in [0.1, 0.15) is 46.0 Å². The van der Waals surface area contributed by atoms with Crippen molar-refractivity contribution in [2.24, 2.45) is 28.6 Å². The SMILES string of the molecule is COC(=O)C1=CC(=O)C=C2CC[C@@H]3[C@H]([C@@H](O)C[C@@]4(C)[C@H]3CC[C@]4(O)C(=O)CO)[C@]21C. The number of ether oxygens (including phenoxy) is 1. The van der Waals surface area contributed by atoms with Crippen molar-refractivity contribution in [3.05, 3.63) is 23.3 Å². The molecule has 4 aliphatic carbocycles. The summed E-state index contributed by atoms with van der Waals surface area (Å²) in [4.78, 5) is 37.3. The van der Waals surface area contributed by atoms with Crippen molar-refractivity contribution in [1.29, 1.82) is 0 Å². The Morgan fingerprint density at radius 2 is 1.93 bits per heavy atom. The van der Waals surface area contributed by atoms with Gasteiger partial charge in [-0.25, -0.2) is 4.79 Å². The van der Waals surface area contributed by atoms with Gasteiger partial charge >= 0.3 is 5.97 Å². The molecule has 7 nitrogen and oxygen atoms in total. The Morgan fingerprint density at radius 3 is 2.57 bits per heavy atom. The highest BCUT2D eigenvalue weighted by Crippen LogP contribution is 2.68. The third-order valence-corrected chi connectivity index (χ3v) is 8.86. The van der Waals surface area contributed by atoms with Crippen LogP contribution in [0.4, 0.5) is 0 Å². The number of aliphatic hydroxyl groups is 3. The first-order chi connectivity index (χ1) is 14.0. The van der Waals surface area contributed by atoms with Crippen LogP contribution in [0.3, 0.4) is 0 Å². The monoisotopic (exact) mass is 418 g/mol. The second kappa shape index (κ2) is 6.84. The maximum Gasteiger partial charge on any atom is 0.334 e. The van der Waals surface area contributed by atoms with Gasteiger partial charge in [0.1, 0.15) is 12.2 Å². The number of hydrogen-bond donors (Lipinski definition) is 3. The fourth-order valence-corrected chi connectivity index (χ4v) is 7.42. The average Bonchev–Trinajstić information content (AvgIpc) is 2.97. The van der Waals surface area contributed by atoms with Crippen molar-refractivity contribution in [2.75, 3.05) is 13.7 Å². The van der Waals surface area contributed by atoms with Crippen molar-refractivity contribution in [3.8, 4) is 0 Å². The Kier molecular flexibility index (Phi) is 4.88. The number of carbonyl (C=O) groups excluding carboxylic acids is 3. The van der Waals surface area contributed by atoms with Crippen LogP contribution in [0.2, 0.25) is 0 Å². The van der Waals surface area contributed by atoms with Crippen LogP contribution in [0.25, 0.3) is 0 Å². The van der Waals surface area contributed by atoms with Crippen LogP contribution in [-0.4, -0.2) is 58.3 Å². The number of esters is 1. The van der Waals surface area contributed by atoms with Gasteiger partial charge in [-0.3, -0.25) is 9.59 Å². The molecule has 7 atom stereocenters. The predicted molar refractivity (Wildman–Crippen MR) is 106 cm³/mol. The molecule has 0 aliphatic heterocycles. The topological polar surface area (TPSA) is 121 Å². The summed E-state index contributed by atoms with van der Waals surface area (Å²) in [5.74, 6) is -1.83. The number of methoxy groups -OCH3 is 1. The summed E-state index contributed by atoms with van der Waals surface area (Å²) in [7, 11) is 1.28. The number of aliphatic hydroxyl groups excluding tert-OH is 2. The molecule has 0 unspecified atom stereocenters. The molecule has 0 radical (unpaired) electrons. The van der Waals surface area contributed by atoms with Gasteiger partial charge in [0.2, 0.25) is 0 Å². The predicted octanol–water partition coefficient (Wildman–Crippen LogP) is 1.10. The summed E-state index contributed by atoms with van der Waals surface area (Å²) in [6.45, 7) is 3.01. The van der Waals surface area contributed by atoms with E-state index >= 15 is 0 Å². The first-order valence-electron chi connectivity index (χ1n) is 10.6. The molecular formula is C23H30O7. The van der Waals surface area contributed by atoms with E-state index in [1.807, 2.05) is 13.8 Å². The smallest absolute Gasteiger partial charge is 0.334 e. The highest BCUT2D eigenvalue weighted by Gasteiger charge is 2.69. The van der Waals surface area contributed by atoms with E-state index < -0.39 is 40.9 Å². The number of Topliss-reactive ketones (excluding diaryl/α,β-unsaturated/α-hetero) is 1. The lowest BCUT2D eigenvalue weighted by Gasteiger charge is -2.60. The Balaban J connectivity index is 1.80. The van der Waals surface area contributed by atoms with E-state index in [0.29, 0.717) is 19.3 Å². The molecule has 0 spiro atoms. The van der Waals surface area contributed by atoms with E-state index in [1.165, 1.54) is 13.2 Å². The Morgan fingerprint density at radius 1 is 1.23 bits per heavy atom. The zero-order valence-electron chi connectivity index (χ0n) is 17.7.